The first-order chi connectivity index (χ1) is 16.4. The van der Waals surface area contributed by atoms with Crippen molar-refractivity contribution in [1.82, 2.24) is 4.57 Å². The standard InChI is InChI=1S/C26H21N3O4S/c1-16-12-14-34-24(16)29-20-10-4-2-9-19(20)22(23(29)31)27-28-26(25(32)33)13-6-7-17(15-26)18-8-3-5-11-21(18)30/h2-14,30-31H,15H2,1H3,(H,32,33). The number of rotatable bonds is 5. The molecule has 0 spiro atoms. The number of benzene rings is 2. The molecule has 2 heterocycles. The van der Waals surface area contributed by atoms with Crippen molar-refractivity contribution in [2.75, 3.05) is 0 Å². The van der Waals surface area contributed by atoms with Crippen molar-refractivity contribution < 1.29 is 20.1 Å². The smallest absolute Gasteiger partial charge is 0.337 e. The van der Waals surface area contributed by atoms with E-state index in [9.17, 15) is 20.1 Å². The summed E-state index contributed by atoms with van der Waals surface area (Å²) in [7, 11) is 0. The number of thiophene rings is 1. The van der Waals surface area contributed by atoms with Crippen molar-refractivity contribution in [2.24, 2.45) is 10.2 Å². The maximum atomic E-state index is 12.4. The van der Waals surface area contributed by atoms with Crippen LogP contribution >= 0.6 is 11.3 Å². The van der Waals surface area contributed by atoms with Gasteiger partial charge in [-0.2, -0.15) is 5.11 Å². The predicted octanol–water partition coefficient (Wildman–Crippen LogP) is 6.36. The third-order valence-electron chi connectivity index (χ3n) is 5.94. The number of para-hydroxylation sites is 2. The summed E-state index contributed by atoms with van der Waals surface area (Å²) in [6.07, 6.45) is 4.84. The number of allylic oxidation sites excluding steroid dienone is 2. The number of phenolic OH excluding ortho intramolecular Hbond substituents is 1. The van der Waals surface area contributed by atoms with E-state index in [0.717, 1.165) is 16.1 Å². The van der Waals surface area contributed by atoms with Gasteiger partial charge in [-0.05, 0) is 47.7 Å². The van der Waals surface area contributed by atoms with Crippen LogP contribution in [0.3, 0.4) is 0 Å². The van der Waals surface area contributed by atoms with Crippen LogP contribution in [-0.4, -0.2) is 31.4 Å². The predicted molar refractivity (Wildman–Crippen MR) is 132 cm³/mol. The Kier molecular flexibility index (Phi) is 5.30. The Morgan fingerprint density at radius 2 is 1.85 bits per heavy atom. The van der Waals surface area contributed by atoms with Gasteiger partial charge in [0, 0.05) is 17.4 Å². The summed E-state index contributed by atoms with van der Waals surface area (Å²) in [5.41, 5.74) is 1.44. The molecule has 2 aromatic carbocycles. The van der Waals surface area contributed by atoms with Crippen LogP contribution in [0.15, 0.2) is 88.4 Å². The van der Waals surface area contributed by atoms with E-state index in [1.807, 2.05) is 42.6 Å². The third-order valence-corrected chi connectivity index (χ3v) is 6.94. The fourth-order valence-electron chi connectivity index (χ4n) is 4.17. The van der Waals surface area contributed by atoms with Crippen molar-refractivity contribution in [1.29, 1.82) is 0 Å². The summed E-state index contributed by atoms with van der Waals surface area (Å²) in [6, 6.07) is 16.1. The third kappa shape index (κ3) is 3.48. The summed E-state index contributed by atoms with van der Waals surface area (Å²) in [5, 5.41) is 43.5. The van der Waals surface area contributed by atoms with Crippen LogP contribution in [0.4, 0.5) is 5.69 Å². The minimum atomic E-state index is -1.68. The molecular formula is C26H21N3O4S. The highest BCUT2D eigenvalue weighted by Gasteiger charge is 2.39. The monoisotopic (exact) mass is 471 g/mol. The number of hydrogen-bond acceptors (Lipinski definition) is 6. The van der Waals surface area contributed by atoms with Crippen molar-refractivity contribution >= 4 is 39.5 Å². The molecule has 8 heteroatoms. The Morgan fingerprint density at radius 3 is 2.59 bits per heavy atom. The Hall–Kier alpha value is -4.17. The number of hydrogen-bond donors (Lipinski definition) is 3. The van der Waals surface area contributed by atoms with Gasteiger partial charge in [-0.15, -0.1) is 16.5 Å². The normalized spacial score (nSPS) is 18.0. The van der Waals surface area contributed by atoms with Crippen molar-refractivity contribution in [3.8, 4) is 16.6 Å². The SMILES string of the molecule is Cc1ccsc1-n1c(O)c(N=NC2(C(=O)O)C=CC=C(c3ccccc3O)C2)c2ccccc21. The van der Waals surface area contributed by atoms with E-state index < -0.39 is 11.5 Å². The lowest BCUT2D eigenvalue weighted by molar-refractivity contribution is -0.141. The van der Waals surface area contributed by atoms with Crippen LogP contribution in [0.5, 0.6) is 11.6 Å². The molecule has 170 valence electrons. The average Bonchev–Trinajstić information content (AvgIpc) is 3.37. The number of aromatic hydroxyl groups is 2. The Balaban J connectivity index is 1.60. The zero-order valence-corrected chi connectivity index (χ0v) is 19.0. The quantitative estimate of drug-likeness (QED) is 0.294. The number of carboxylic acids is 1. The summed E-state index contributed by atoms with van der Waals surface area (Å²) in [4.78, 5) is 12.4. The molecule has 0 fully saturated rings. The van der Waals surface area contributed by atoms with Gasteiger partial charge in [0.15, 0.2) is 5.69 Å². The van der Waals surface area contributed by atoms with Crippen LogP contribution < -0.4 is 0 Å². The molecular weight excluding hydrogens is 450 g/mol. The van der Waals surface area contributed by atoms with Crippen molar-refractivity contribution in [3.05, 3.63) is 89.3 Å². The first kappa shape index (κ1) is 21.7. The minimum Gasteiger partial charge on any atom is -0.507 e. The number of carbonyl (C=O) groups is 1. The molecule has 1 atom stereocenters. The Labute approximate surface area is 199 Å². The van der Waals surface area contributed by atoms with Gasteiger partial charge >= 0.3 is 5.97 Å². The lowest BCUT2D eigenvalue weighted by Crippen LogP contribution is -2.35. The number of aromatic nitrogens is 1. The molecule has 2 aromatic heterocycles. The molecule has 1 aliphatic carbocycles. The fourth-order valence-corrected chi connectivity index (χ4v) is 5.11. The van der Waals surface area contributed by atoms with Gasteiger partial charge < -0.3 is 15.3 Å². The van der Waals surface area contributed by atoms with Crippen LogP contribution in [-0.2, 0) is 4.79 Å². The summed E-state index contributed by atoms with van der Waals surface area (Å²) in [6.45, 7) is 1.96. The van der Waals surface area contributed by atoms with Gasteiger partial charge in [-0.25, -0.2) is 4.79 Å². The zero-order valence-electron chi connectivity index (χ0n) is 18.2. The van der Waals surface area contributed by atoms with Gasteiger partial charge in [-0.1, -0.05) is 48.6 Å². The van der Waals surface area contributed by atoms with Gasteiger partial charge in [-0.3, -0.25) is 4.57 Å². The van der Waals surface area contributed by atoms with Gasteiger partial charge in [0.05, 0.1) is 5.52 Å². The second-order valence-corrected chi connectivity index (χ2v) is 9.00. The number of nitrogens with zero attached hydrogens (tertiary/aromatic N) is 3. The number of aliphatic carboxylic acids is 1. The van der Waals surface area contributed by atoms with Crippen LogP contribution in [0.2, 0.25) is 0 Å². The van der Waals surface area contributed by atoms with Crippen molar-refractivity contribution in [2.45, 2.75) is 18.9 Å². The molecule has 1 aliphatic rings. The van der Waals surface area contributed by atoms with Gasteiger partial charge in [0.1, 0.15) is 10.8 Å². The Bertz CT molecular complexity index is 1510. The maximum Gasteiger partial charge on any atom is 0.337 e. The van der Waals surface area contributed by atoms with Crippen molar-refractivity contribution in [3.63, 3.8) is 0 Å². The lowest BCUT2D eigenvalue weighted by atomic mass is 9.84. The molecule has 1 unspecified atom stereocenters. The highest BCUT2D eigenvalue weighted by molar-refractivity contribution is 7.12. The maximum absolute atomic E-state index is 12.4. The van der Waals surface area contributed by atoms with Crippen LogP contribution in [0, 0.1) is 6.92 Å². The van der Waals surface area contributed by atoms with Crippen LogP contribution in [0.1, 0.15) is 17.5 Å². The lowest BCUT2D eigenvalue weighted by Gasteiger charge is -2.25. The molecule has 0 aliphatic heterocycles. The first-order valence-electron chi connectivity index (χ1n) is 10.6. The first-order valence-corrected chi connectivity index (χ1v) is 11.5. The van der Waals surface area contributed by atoms with E-state index in [0.29, 0.717) is 16.5 Å². The molecule has 3 N–H and O–H groups in total. The second kappa shape index (κ2) is 8.31. The second-order valence-electron chi connectivity index (χ2n) is 8.11. The highest BCUT2D eigenvalue weighted by Crippen LogP contribution is 2.44. The van der Waals surface area contributed by atoms with E-state index in [1.165, 1.54) is 17.4 Å². The van der Waals surface area contributed by atoms with E-state index in [4.69, 9.17) is 0 Å². The number of aryl methyl sites for hydroxylation is 1. The number of fused-ring (bicyclic) bond motifs is 1. The molecule has 0 radical (unpaired) electrons. The summed E-state index contributed by atoms with van der Waals surface area (Å²) in [5.74, 6) is -1.22. The molecule has 0 saturated heterocycles. The molecule has 0 saturated carbocycles. The number of azo groups is 1. The topological polar surface area (TPSA) is 107 Å². The minimum absolute atomic E-state index is 0.00332. The van der Waals surface area contributed by atoms with Crippen LogP contribution in [0.25, 0.3) is 21.5 Å². The van der Waals surface area contributed by atoms with E-state index in [1.54, 1.807) is 41.0 Å². The highest BCUT2D eigenvalue weighted by atomic mass is 32.1. The molecule has 4 aromatic rings. The van der Waals surface area contributed by atoms with E-state index >= 15 is 0 Å². The van der Waals surface area contributed by atoms with Gasteiger partial charge in [0.2, 0.25) is 11.4 Å². The Morgan fingerprint density at radius 1 is 1.09 bits per heavy atom. The number of phenols is 1. The number of carboxylic acid groups (broad SMARTS) is 1. The molecule has 0 amide bonds. The average molecular weight is 472 g/mol. The van der Waals surface area contributed by atoms with E-state index in [-0.39, 0.29) is 23.7 Å². The molecule has 0 bridgehead atoms. The van der Waals surface area contributed by atoms with E-state index in [2.05, 4.69) is 10.2 Å². The summed E-state index contributed by atoms with van der Waals surface area (Å²) < 4.78 is 1.71. The molecule has 7 nitrogen and oxygen atoms in total. The molecule has 5 rings (SSSR count). The zero-order chi connectivity index (χ0) is 23.9. The fraction of sp³-hybridized carbons (Fsp3) is 0.115. The largest absolute Gasteiger partial charge is 0.507 e. The summed E-state index contributed by atoms with van der Waals surface area (Å²) >= 11 is 1.49. The molecule has 34 heavy (non-hydrogen) atoms. The van der Waals surface area contributed by atoms with Gasteiger partial charge in [0.25, 0.3) is 0 Å².